The first-order chi connectivity index (χ1) is 12.6. The number of fused-ring (bicyclic) bond motifs is 1. The lowest BCUT2D eigenvalue weighted by Crippen LogP contribution is -2.47. The van der Waals surface area contributed by atoms with Crippen LogP contribution in [0, 0.1) is 17.8 Å². The van der Waals surface area contributed by atoms with Gasteiger partial charge in [-0.05, 0) is 43.4 Å². The number of rotatable bonds is 3. The SMILES string of the molecule is O=C1CC(=O)OC(CCC#Cc2ccc3ocnc3c2)(C2CCCC2)C1. The van der Waals surface area contributed by atoms with E-state index >= 15 is 0 Å². The van der Waals surface area contributed by atoms with E-state index in [0.29, 0.717) is 19.3 Å². The molecular weight excluding hydrogens is 330 g/mol. The molecule has 1 aliphatic heterocycles. The Morgan fingerprint density at radius 1 is 1.23 bits per heavy atom. The zero-order chi connectivity index (χ0) is 18.0. The van der Waals surface area contributed by atoms with Crippen LogP contribution in [-0.2, 0) is 14.3 Å². The van der Waals surface area contributed by atoms with Gasteiger partial charge in [-0.2, -0.15) is 0 Å². The van der Waals surface area contributed by atoms with Crippen molar-refractivity contribution in [3.63, 3.8) is 0 Å². The molecule has 0 bridgehead atoms. The Morgan fingerprint density at radius 3 is 2.88 bits per heavy atom. The number of aromatic nitrogens is 1. The number of benzene rings is 1. The Morgan fingerprint density at radius 2 is 2.08 bits per heavy atom. The molecule has 2 aromatic rings. The Labute approximate surface area is 152 Å². The van der Waals surface area contributed by atoms with Crippen molar-refractivity contribution in [2.24, 2.45) is 5.92 Å². The van der Waals surface area contributed by atoms with E-state index in [2.05, 4.69) is 16.8 Å². The van der Waals surface area contributed by atoms with E-state index in [1.807, 2.05) is 18.2 Å². The molecule has 0 spiro atoms. The largest absolute Gasteiger partial charge is 0.458 e. The molecule has 0 N–H and O–H groups in total. The second-order valence-corrected chi connectivity index (χ2v) is 7.25. The molecule has 2 fully saturated rings. The van der Waals surface area contributed by atoms with Gasteiger partial charge < -0.3 is 9.15 Å². The minimum absolute atomic E-state index is 0.00223. The smallest absolute Gasteiger partial charge is 0.313 e. The number of ketones is 1. The summed E-state index contributed by atoms with van der Waals surface area (Å²) in [6, 6.07) is 5.65. The number of esters is 1. The predicted octanol–water partition coefficient (Wildman–Crippen LogP) is 3.79. The molecule has 1 saturated carbocycles. The van der Waals surface area contributed by atoms with E-state index in [1.54, 1.807) is 0 Å². The molecule has 0 amide bonds. The Hall–Kier alpha value is -2.61. The minimum Gasteiger partial charge on any atom is -0.458 e. The number of hydrogen-bond donors (Lipinski definition) is 0. The Kier molecular flexibility index (Phi) is 4.50. The van der Waals surface area contributed by atoms with Gasteiger partial charge in [0.2, 0.25) is 0 Å². The molecule has 2 aliphatic rings. The first-order valence-electron chi connectivity index (χ1n) is 9.20. The lowest BCUT2D eigenvalue weighted by atomic mass is 9.76. The summed E-state index contributed by atoms with van der Waals surface area (Å²) in [4.78, 5) is 28.1. The quantitative estimate of drug-likeness (QED) is 0.478. The fraction of sp³-hybridized carbons (Fsp3) is 0.476. The van der Waals surface area contributed by atoms with E-state index in [0.717, 1.165) is 42.3 Å². The predicted molar refractivity (Wildman–Crippen MR) is 95.1 cm³/mol. The summed E-state index contributed by atoms with van der Waals surface area (Å²) in [5, 5.41) is 0. The van der Waals surface area contributed by atoms with Gasteiger partial charge in [0.25, 0.3) is 0 Å². The van der Waals surface area contributed by atoms with Gasteiger partial charge in [-0.3, -0.25) is 9.59 Å². The normalized spacial score (nSPS) is 23.7. The molecule has 1 aromatic carbocycles. The van der Waals surface area contributed by atoms with Gasteiger partial charge >= 0.3 is 5.97 Å². The van der Waals surface area contributed by atoms with Crippen LogP contribution in [0.15, 0.2) is 29.0 Å². The first kappa shape index (κ1) is 16.8. The molecular formula is C21H21NO4. The number of hydrogen-bond acceptors (Lipinski definition) is 5. The Bertz CT molecular complexity index is 879. The average molecular weight is 351 g/mol. The molecule has 0 radical (unpaired) electrons. The highest BCUT2D eigenvalue weighted by molar-refractivity contribution is 5.98. The molecule has 1 saturated heterocycles. The number of carbonyl (C=O) groups excluding carboxylic acids is 2. The summed E-state index contributed by atoms with van der Waals surface area (Å²) in [6.07, 6.45) is 7.22. The fourth-order valence-electron chi connectivity index (χ4n) is 4.25. The van der Waals surface area contributed by atoms with E-state index in [1.165, 1.54) is 6.39 Å². The summed E-state index contributed by atoms with van der Waals surface area (Å²) in [5.74, 6) is 6.21. The van der Waals surface area contributed by atoms with Crippen LogP contribution in [0.3, 0.4) is 0 Å². The van der Waals surface area contributed by atoms with Crippen LogP contribution < -0.4 is 0 Å². The van der Waals surface area contributed by atoms with Crippen molar-refractivity contribution in [3.05, 3.63) is 30.2 Å². The third-order valence-electron chi connectivity index (χ3n) is 5.49. The number of cyclic esters (lactones) is 1. The Balaban J connectivity index is 1.48. The van der Waals surface area contributed by atoms with Gasteiger partial charge in [0.15, 0.2) is 12.0 Å². The molecule has 26 heavy (non-hydrogen) atoms. The second-order valence-electron chi connectivity index (χ2n) is 7.25. The number of carbonyl (C=O) groups is 2. The van der Waals surface area contributed by atoms with Crippen LogP contribution in [0.4, 0.5) is 0 Å². The maximum Gasteiger partial charge on any atom is 0.313 e. The molecule has 1 atom stereocenters. The molecule has 1 unspecified atom stereocenters. The zero-order valence-corrected chi connectivity index (χ0v) is 14.6. The molecule has 4 rings (SSSR count). The zero-order valence-electron chi connectivity index (χ0n) is 14.6. The number of ether oxygens (including phenoxy) is 1. The topological polar surface area (TPSA) is 69.4 Å². The average Bonchev–Trinajstić information content (AvgIpc) is 3.29. The van der Waals surface area contributed by atoms with Crippen LogP contribution in [0.2, 0.25) is 0 Å². The highest BCUT2D eigenvalue weighted by atomic mass is 16.6. The molecule has 1 aliphatic carbocycles. The van der Waals surface area contributed by atoms with E-state index in [9.17, 15) is 9.59 Å². The lowest BCUT2D eigenvalue weighted by molar-refractivity contribution is -0.178. The van der Waals surface area contributed by atoms with Crippen molar-refractivity contribution >= 4 is 22.9 Å². The summed E-state index contributed by atoms with van der Waals surface area (Å²) >= 11 is 0. The van der Waals surface area contributed by atoms with Crippen molar-refractivity contribution in [2.75, 3.05) is 0 Å². The summed E-state index contributed by atoms with van der Waals surface area (Å²) in [5.41, 5.74) is 1.75. The van der Waals surface area contributed by atoms with Gasteiger partial charge in [0.1, 0.15) is 23.3 Å². The van der Waals surface area contributed by atoms with Gasteiger partial charge in [-0.1, -0.05) is 24.7 Å². The third kappa shape index (κ3) is 3.37. The highest BCUT2D eigenvalue weighted by Gasteiger charge is 2.47. The van der Waals surface area contributed by atoms with Crippen LogP contribution in [0.25, 0.3) is 11.1 Å². The third-order valence-corrected chi connectivity index (χ3v) is 5.49. The van der Waals surface area contributed by atoms with Gasteiger partial charge in [-0.25, -0.2) is 4.98 Å². The van der Waals surface area contributed by atoms with Crippen LogP contribution in [0.1, 0.15) is 56.9 Å². The van der Waals surface area contributed by atoms with Crippen molar-refractivity contribution in [3.8, 4) is 11.8 Å². The van der Waals surface area contributed by atoms with E-state index in [-0.39, 0.29) is 24.1 Å². The summed E-state index contributed by atoms with van der Waals surface area (Å²) < 4.78 is 11.0. The lowest BCUT2D eigenvalue weighted by Gasteiger charge is -2.40. The number of oxazole rings is 1. The second kappa shape index (κ2) is 6.95. The van der Waals surface area contributed by atoms with E-state index in [4.69, 9.17) is 9.15 Å². The van der Waals surface area contributed by atoms with Crippen molar-refractivity contribution in [1.82, 2.24) is 4.98 Å². The monoisotopic (exact) mass is 351 g/mol. The molecule has 134 valence electrons. The maximum absolute atomic E-state index is 12.0. The van der Waals surface area contributed by atoms with Crippen LogP contribution >= 0.6 is 0 Å². The standard InChI is InChI=1S/C21H21NO4/c23-17-12-20(24)26-21(13-17,16-6-1-2-7-16)10-4-3-5-15-8-9-19-18(11-15)22-14-25-19/h8-9,11,14,16H,1-2,4,6-7,10,12-13H2. The van der Waals surface area contributed by atoms with Crippen LogP contribution in [0.5, 0.6) is 0 Å². The summed E-state index contributed by atoms with van der Waals surface area (Å²) in [6.45, 7) is 0. The first-order valence-corrected chi connectivity index (χ1v) is 9.20. The van der Waals surface area contributed by atoms with Gasteiger partial charge in [0, 0.05) is 18.4 Å². The number of Topliss-reactive ketones (excluding diaryl/α,β-unsaturated/α-hetero) is 1. The number of nitrogens with zero attached hydrogens (tertiary/aromatic N) is 1. The van der Waals surface area contributed by atoms with E-state index < -0.39 is 5.60 Å². The van der Waals surface area contributed by atoms with Crippen molar-refractivity contribution in [1.29, 1.82) is 0 Å². The molecule has 5 nitrogen and oxygen atoms in total. The summed E-state index contributed by atoms with van der Waals surface area (Å²) in [7, 11) is 0. The van der Waals surface area contributed by atoms with Gasteiger partial charge in [-0.15, -0.1) is 0 Å². The van der Waals surface area contributed by atoms with Crippen molar-refractivity contribution in [2.45, 2.75) is 57.0 Å². The highest BCUT2D eigenvalue weighted by Crippen LogP contribution is 2.43. The molecule has 2 heterocycles. The minimum atomic E-state index is -0.645. The maximum atomic E-state index is 12.0. The van der Waals surface area contributed by atoms with Crippen LogP contribution in [-0.4, -0.2) is 22.3 Å². The van der Waals surface area contributed by atoms with Gasteiger partial charge in [0.05, 0.1) is 0 Å². The molecule has 5 heteroatoms. The molecule has 1 aromatic heterocycles. The fourth-order valence-corrected chi connectivity index (χ4v) is 4.25. The van der Waals surface area contributed by atoms with Crippen molar-refractivity contribution < 1.29 is 18.7 Å².